The predicted molar refractivity (Wildman–Crippen MR) is 99.8 cm³/mol. The molecular formula is C22H28F2O. The summed E-state index contributed by atoms with van der Waals surface area (Å²) in [5.41, 5.74) is 1.86. The highest BCUT2D eigenvalue weighted by atomic mass is 19.3. The molecule has 25 heavy (non-hydrogen) atoms. The zero-order valence-electron chi connectivity index (χ0n) is 15.9. The van der Waals surface area contributed by atoms with Crippen molar-refractivity contribution in [1.29, 1.82) is 0 Å². The molecule has 0 fully saturated rings. The standard InChI is InChI=1S/C22H28F2O/c1-21(2,3)16-12-15(13-17(19(16)25)22(4,5)6)18(20(23)24)14-10-8-7-9-11-14/h7-13,18,20,25H,1-6H3. The Morgan fingerprint density at radius 2 is 1.20 bits per heavy atom. The van der Waals surface area contributed by atoms with Crippen LogP contribution in [0.4, 0.5) is 8.78 Å². The minimum Gasteiger partial charge on any atom is -0.507 e. The van der Waals surface area contributed by atoms with Crippen LogP contribution < -0.4 is 0 Å². The van der Waals surface area contributed by atoms with Crippen molar-refractivity contribution in [3.05, 3.63) is 64.7 Å². The number of benzene rings is 2. The van der Waals surface area contributed by atoms with E-state index in [0.717, 1.165) is 0 Å². The first kappa shape index (κ1) is 19.4. The van der Waals surface area contributed by atoms with E-state index < -0.39 is 12.3 Å². The first-order chi connectivity index (χ1) is 11.4. The molecule has 2 aromatic rings. The van der Waals surface area contributed by atoms with Gasteiger partial charge < -0.3 is 5.11 Å². The molecule has 1 nitrogen and oxygen atoms in total. The first-order valence-corrected chi connectivity index (χ1v) is 8.64. The minimum atomic E-state index is -2.52. The van der Waals surface area contributed by atoms with Gasteiger partial charge in [-0.05, 0) is 33.1 Å². The normalized spacial score (nSPS) is 14.0. The van der Waals surface area contributed by atoms with Crippen LogP contribution >= 0.6 is 0 Å². The van der Waals surface area contributed by atoms with Crippen molar-refractivity contribution in [2.24, 2.45) is 0 Å². The molecule has 1 atom stereocenters. The number of hydrogen-bond acceptors (Lipinski definition) is 1. The highest BCUT2D eigenvalue weighted by Gasteiger charge is 2.31. The number of halogens is 2. The lowest BCUT2D eigenvalue weighted by Gasteiger charge is -2.30. The molecule has 2 rings (SSSR count). The molecule has 0 radical (unpaired) electrons. The Bertz CT molecular complexity index is 687. The average molecular weight is 346 g/mol. The maximum absolute atomic E-state index is 14.0. The predicted octanol–water partition coefficient (Wildman–Crippen LogP) is 6.38. The van der Waals surface area contributed by atoms with Gasteiger partial charge in [-0.15, -0.1) is 0 Å². The average Bonchev–Trinajstić information content (AvgIpc) is 2.47. The van der Waals surface area contributed by atoms with Crippen LogP contribution in [0, 0.1) is 0 Å². The lowest BCUT2D eigenvalue weighted by molar-refractivity contribution is 0.128. The summed E-state index contributed by atoms with van der Waals surface area (Å²) >= 11 is 0. The zero-order chi connectivity index (χ0) is 19.0. The molecule has 0 amide bonds. The fourth-order valence-electron chi connectivity index (χ4n) is 3.12. The van der Waals surface area contributed by atoms with Gasteiger partial charge in [0.25, 0.3) is 0 Å². The third-order valence-electron chi connectivity index (χ3n) is 4.52. The summed E-state index contributed by atoms with van der Waals surface area (Å²) in [7, 11) is 0. The Morgan fingerprint density at radius 3 is 1.56 bits per heavy atom. The maximum Gasteiger partial charge on any atom is 0.249 e. The zero-order valence-corrected chi connectivity index (χ0v) is 15.9. The quantitative estimate of drug-likeness (QED) is 0.683. The molecule has 0 heterocycles. The number of aromatic hydroxyl groups is 1. The Morgan fingerprint density at radius 1 is 0.760 bits per heavy atom. The first-order valence-electron chi connectivity index (χ1n) is 8.64. The largest absolute Gasteiger partial charge is 0.507 e. The molecule has 3 heteroatoms. The monoisotopic (exact) mass is 346 g/mol. The summed E-state index contributed by atoms with van der Waals surface area (Å²) in [6.07, 6.45) is -2.52. The maximum atomic E-state index is 14.0. The van der Waals surface area contributed by atoms with Crippen molar-refractivity contribution >= 4 is 0 Å². The van der Waals surface area contributed by atoms with Gasteiger partial charge in [-0.3, -0.25) is 0 Å². The van der Waals surface area contributed by atoms with E-state index in [1.54, 1.807) is 36.4 Å². The Balaban J connectivity index is 2.75. The molecule has 0 aliphatic carbocycles. The van der Waals surface area contributed by atoms with Crippen molar-refractivity contribution in [1.82, 2.24) is 0 Å². The summed E-state index contributed by atoms with van der Waals surface area (Å²) in [4.78, 5) is 0. The molecule has 136 valence electrons. The Labute approximate surface area is 149 Å². The van der Waals surface area contributed by atoms with E-state index in [9.17, 15) is 13.9 Å². The summed E-state index contributed by atoms with van der Waals surface area (Å²) in [5.74, 6) is -0.797. The summed E-state index contributed by atoms with van der Waals surface area (Å²) in [6.45, 7) is 11.9. The smallest absolute Gasteiger partial charge is 0.249 e. The third-order valence-corrected chi connectivity index (χ3v) is 4.52. The lowest BCUT2D eigenvalue weighted by Crippen LogP contribution is -2.20. The van der Waals surface area contributed by atoms with Crippen LogP contribution in [0.3, 0.4) is 0 Å². The molecule has 0 saturated heterocycles. The van der Waals surface area contributed by atoms with Crippen LogP contribution in [0.25, 0.3) is 0 Å². The van der Waals surface area contributed by atoms with E-state index in [-0.39, 0.29) is 16.6 Å². The molecule has 0 spiro atoms. The lowest BCUT2D eigenvalue weighted by atomic mass is 9.76. The molecule has 0 aliphatic rings. The van der Waals surface area contributed by atoms with Crippen LogP contribution in [0.1, 0.15) is 69.7 Å². The van der Waals surface area contributed by atoms with Gasteiger partial charge in [-0.25, -0.2) is 8.78 Å². The fourth-order valence-corrected chi connectivity index (χ4v) is 3.12. The molecule has 1 N–H and O–H groups in total. The third kappa shape index (κ3) is 4.20. The van der Waals surface area contributed by atoms with Crippen molar-refractivity contribution in [3.63, 3.8) is 0 Å². The Hall–Kier alpha value is -1.90. The number of hydrogen-bond donors (Lipinski definition) is 1. The molecule has 0 aliphatic heterocycles. The SMILES string of the molecule is CC(C)(C)c1cc(C(c2ccccc2)C(F)F)cc(C(C)(C)C)c1O. The fraction of sp³-hybridized carbons (Fsp3) is 0.455. The highest BCUT2D eigenvalue weighted by Crippen LogP contribution is 2.43. The van der Waals surface area contributed by atoms with Crippen molar-refractivity contribution in [3.8, 4) is 5.75 Å². The number of phenolic OH excluding ortho intramolecular Hbond substituents is 1. The number of alkyl halides is 2. The highest BCUT2D eigenvalue weighted by molar-refractivity contribution is 5.52. The van der Waals surface area contributed by atoms with Gasteiger partial charge in [-0.2, -0.15) is 0 Å². The van der Waals surface area contributed by atoms with E-state index in [1.807, 2.05) is 47.6 Å². The van der Waals surface area contributed by atoms with Crippen LogP contribution in [-0.2, 0) is 10.8 Å². The van der Waals surface area contributed by atoms with Gasteiger partial charge in [0, 0.05) is 0 Å². The van der Waals surface area contributed by atoms with Gasteiger partial charge in [0.05, 0.1) is 5.92 Å². The number of phenols is 1. The Kier molecular flexibility index (Phi) is 5.27. The van der Waals surface area contributed by atoms with Crippen molar-refractivity contribution < 1.29 is 13.9 Å². The second kappa shape index (κ2) is 6.78. The van der Waals surface area contributed by atoms with E-state index in [2.05, 4.69) is 0 Å². The molecular weight excluding hydrogens is 318 g/mol. The van der Waals surface area contributed by atoms with Gasteiger partial charge in [-0.1, -0.05) is 84.0 Å². The summed E-state index contributed by atoms with van der Waals surface area (Å²) in [6, 6.07) is 12.3. The van der Waals surface area contributed by atoms with Gasteiger partial charge in [0.2, 0.25) is 6.43 Å². The molecule has 0 aromatic heterocycles. The van der Waals surface area contributed by atoms with E-state index in [1.165, 1.54) is 0 Å². The second-order valence-corrected chi connectivity index (χ2v) is 8.69. The second-order valence-electron chi connectivity index (χ2n) is 8.69. The van der Waals surface area contributed by atoms with Gasteiger partial charge in [0.15, 0.2) is 0 Å². The molecule has 0 saturated carbocycles. The van der Waals surface area contributed by atoms with Crippen molar-refractivity contribution in [2.45, 2.75) is 64.7 Å². The van der Waals surface area contributed by atoms with Gasteiger partial charge in [0.1, 0.15) is 5.75 Å². The van der Waals surface area contributed by atoms with E-state index in [0.29, 0.717) is 22.3 Å². The van der Waals surface area contributed by atoms with E-state index >= 15 is 0 Å². The minimum absolute atomic E-state index is 0.213. The van der Waals surface area contributed by atoms with Crippen LogP contribution in [0.5, 0.6) is 5.75 Å². The van der Waals surface area contributed by atoms with Crippen molar-refractivity contribution in [2.75, 3.05) is 0 Å². The molecule has 0 bridgehead atoms. The summed E-state index contributed by atoms with van der Waals surface area (Å²) in [5, 5.41) is 10.8. The molecule has 2 aromatic carbocycles. The topological polar surface area (TPSA) is 20.2 Å². The molecule has 1 unspecified atom stereocenters. The van der Waals surface area contributed by atoms with Crippen LogP contribution in [0.2, 0.25) is 0 Å². The van der Waals surface area contributed by atoms with Gasteiger partial charge >= 0.3 is 0 Å². The van der Waals surface area contributed by atoms with Crippen LogP contribution in [-0.4, -0.2) is 11.5 Å². The van der Waals surface area contributed by atoms with E-state index in [4.69, 9.17) is 0 Å². The number of rotatable bonds is 3. The summed E-state index contributed by atoms with van der Waals surface area (Å²) < 4.78 is 27.9. The van der Waals surface area contributed by atoms with Crippen LogP contribution in [0.15, 0.2) is 42.5 Å².